The number of hydrogen-bond donors (Lipinski definition) is 2. The molecule has 1 fully saturated rings. The lowest BCUT2D eigenvalue weighted by atomic mass is 9.99. The minimum atomic E-state index is -1.10. The molecule has 2 aromatic rings. The van der Waals surface area contributed by atoms with Gasteiger partial charge < -0.3 is 14.8 Å². The number of imide groups is 2. The van der Waals surface area contributed by atoms with Gasteiger partial charge in [0.15, 0.2) is 18.2 Å². The largest absolute Gasteiger partial charge is 0.490 e. The highest BCUT2D eigenvalue weighted by molar-refractivity contribution is 6.23. The van der Waals surface area contributed by atoms with Gasteiger partial charge in [0.25, 0.3) is 17.7 Å². The van der Waals surface area contributed by atoms with Crippen molar-refractivity contribution in [2.24, 2.45) is 0 Å². The maximum Gasteiger partial charge on any atom is 0.262 e. The number of nitrogens with zero attached hydrogens (tertiary/aromatic N) is 1. The number of benzene rings is 2. The second-order valence-corrected chi connectivity index (χ2v) is 8.47. The van der Waals surface area contributed by atoms with Crippen molar-refractivity contribution >= 4 is 29.5 Å². The van der Waals surface area contributed by atoms with E-state index in [1.165, 1.54) is 18.2 Å². The molecule has 0 spiro atoms. The predicted molar refractivity (Wildman–Crippen MR) is 116 cm³/mol. The van der Waals surface area contributed by atoms with Crippen LogP contribution < -0.4 is 20.1 Å². The van der Waals surface area contributed by atoms with Gasteiger partial charge in [0.05, 0.1) is 29.3 Å². The van der Waals surface area contributed by atoms with Gasteiger partial charge >= 0.3 is 0 Å². The number of halogens is 2. The number of carbonyl (C=O) groups excluding carboxylic acids is 5. The predicted octanol–water partition coefficient (Wildman–Crippen LogP) is 1.38. The molecule has 0 aromatic heterocycles. The molecule has 36 heavy (non-hydrogen) atoms. The Balaban J connectivity index is 1.25. The minimum absolute atomic E-state index is 0.00138. The lowest BCUT2D eigenvalue weighted by Gasteiger charge is -2.27. The van der Waals surface area contributed by atoms with Crippen LogP contribution in [0.5, 0.6) is 11.5 Å². The van der Waals surface area contributed by atoms with E-state index in [1.807, 2.05) is 0 Å². The summed E-state index contributed by atoms with van der Waals surface area (Å²) >= 11 is 0. The van der Waals surface area contributed by atoms with Crippen LogP contribution in [0, 0.1) is 11.6 Å². The van der Waals surface area contributed by atoms with Crippen LogP contribution in [-0.2, 0) is 14.4 Å². The quantitative estimate of drug-likeness (QED) is 0.595. The van der Waals surface area contributed by atoms with Gasteiger partial charge in [-0.2, -0.15) is 0 Å². The van der Waals surface area contributed by atoms with Crippen LogP contribution >= 0.6 is 0 Å². The Morgan fingerprint density at radius 1 is 1.06 bits per heavy atom. The summed E-state index contributed by atoms with van der Waals surface area (Å²) in [5, 5.41) is 4.71. The van der Waals surface area contributed by atoms with E-state index >= 15 is 0 Å². The molecular weight excluding hydrogens is 480 g/mol. The van der Waals surface area contributed by atoms with Crippen molar-refractivity contribution in [2.75, 3.05) is 13.2 Å². The molecule has 12 heteroatoms. The first-order chi connectivity index (χ1) is 17.2. The van der Waals surface area contributed by atoms with Gasteiger partial charge in [-0.3, -0.25) is 34.2 Å². The standard InChI is InChI=1S/C24H19F2N3O7/c25-14-3-4-15(26)21-20(14)16(7-8-35-21)27-19(31)10-36-11-1-2-12-13(9-11)24(34)29(23(12)33)17-5-6-18(30)28-22(17)32/h1-4,9,16-17H,5-8,10H2,(H,27,31)(H,28,30,32)/t16-,17?/m1/s1. The lowest BCUT2D eigenvalue weighted by molar-refractivity contribution is -0.136. The van der Waals surface area contributed by atoms with Crippen molar-refractivity contribution in [3.05, 3.63) is 58.7 Å². The van der Waals surface area contributed by atoms with E-state index in [4.69, 9.17) is 9.47 Å². The molecule has 10 nitrogen and oxygen atoms in total. The fraction of sp³-hybridized carbons (Fsp3) is 0.292. The monoisotopic (exact) mass is 499 g/mol. The average molecular weight is 499 g/mol. The molecule has 186 valence electrons. The van der Waals surface area contributed by atoms with Crippen LogP contribution in [0.25, 0.3) is 0 Å². The third-order valence-corrected chi connectivity index (χ3v) is 6.21. The summed E-state index contributed by atoms with van der Waals surface area (Å²) in [6.07, 6.45) is 0.256. The van der Waals surface area contributed by atoms with E-state index in [2.05, 4.69) is 10.6 Å². The van der Waals surface area contributed by atoms with Gasteiger partial charge in [-0.25, -0.2) is 8.78 Å². The maximum atomic E-state index is 14.3. The third-order valence-electron chi connectivity index (χ3n) is 6.21. The smallest absolute Gasteiger partial charge is 0.262 e. The number of hydrogen-bond acceptors (Lipinski definition) is 7. The molecule has 0 bridgehead atoms. The Morgan fingerprint density at radius 2 is 1.81 bits per heavy atom. The first-order valence-electron chi connectivity index (χ1n) is 11.1. The van der Waals surface area contributed by atoms with Crippen molar-refractivity contribution in [3.8, 4) is 11.5 Å². The highest BCUT2D eigenvalue weighted by Crippen LogP contribution is 2.36. The number of carbonyl (C=O) groups is 5. The Morgan fingerprint density at radius 3 is 2.58 bits per heavy atom. The zero-order valence-corrected chi connectivity index (χ0v) is 18.6. The zero-order chi connectivity index (χ0) is 25.6. The van der Waals surface area contributed by atoms with E-state index in [1.54, 1.807) is 0 Å². The Labute approximate surface area is 202 Å². The molecule has 0 radical (unpaired) electrons. The topological polar surface area (TPSA) is 131 Å². The first kappa shape index (κ1) is 23.4. The average Bonchev–Trinajstić information content (AvgIpc) is 3.10. The van der Waals surface area contributed by atoms with E-state index in [9.17, 15) is 32.8 Å². The summed E-state index contributed by atoms with van der Waals surface area (Å²) < 4.78 is 38.9. The van der Waals surface area contributed by atoms with Crippen molar-refractivity contribution in [1.82, 2.24) is 15.5 Å². The van der Waals surface area contributed by atoms with Crippen molar-refractivity contribution < 1.29 is 42.2 Å². The minimum Gasteiger partial charge on any atom is -0.490 e. The molecule has 0 saturated carbocycles. The molecule has 2 aromatic carbocycles. The van der Waals surface area contributed by atoms with Crippen molar-refractivity contribution in [3.63, 3.8) is 0 Å². The summed E-state index contributed by atoms with van der Waals surface area (Å²) in [6, 6.07) is 4.01. The number of piperidine rings is 1. The molecule has 0 aliphatic carbocycles. The zero-order valence-electron chi connectivity index (χ0n) is 18.6. The number of rotatable bonds is 5. The first-order valence-corrected chi connectivity index (χ1v) is 11.1. The van der Waals surface area contributed by atoms with Crippen LogP contribution in [0.2, 0.25) is 0 Å². The molecular formula is C24H19F2N3O7. The highest BCUT2D eigenvalue weighted by atomic mass is 19.1. The Bertz CT molecular complexity index is 1330. The SMILES string of the molecule is O=C1CCC(N2C(=O)c3ccc(OCC(=O)N[C@@H]4CCOc5c(F)ccc(F)c54)cc3C2=O)C(=O)N1. The van der Waals surface area contributed by atoms with Gasteiger partial charge in [-0.1, -0.05) is 0 Å². The highest BCUT2D eigenvalue weighted by Gasteiger charge is 2.44. The molecule has 3 aliphatic rings. The van der Waals surface area contributed by atoms with Crippen molar-refractivity contribution in [1.29, 1.82) is 0 Å². The lowest BCUT2D eigenvalue weighted by Crippen LogP contribution is -2.54. The van der Waals surface area contributed by atoms with Gasteiger partial charge in [0.2, 0.25) is 11.8 Å². The third kappa shape index (κ3) is 4.04. The number of amides is 5. The molecule has 1 saturated heterocycles. The van der Waals surface area contributed by atoms with Gasteiger partial charge in [-0.05, 0) is 36.8 Å². The van der Waals surface area contributed by atoms with E-state index in [0.717, 1.165) is 17.0 Å². The van der Waals surface area contributed by atoms with Crippen LogP contribution in [0.1, 0.15) is 51.6 Å². The van der Waals surface area contributed by atoms with Crippen molar-refractivity contribution in [2.45, 2.75) is 31.3 Å². The molecule has 2 N–H and O–H groups in total. The second kappa shape index (κ2) is 9.02. The summed E-state index contributed by atoms with van der Waals surface area (Å²) in [5.41, 5.74) is -0.0129. The number of ether oxygens (including phenoxy) is 2. The number of fused-ring (bicyclic) bond motifs is 2. The van der Waals surface area contributed by atoms with Crippen LogP contribution in [0.15, 0.2) is 30.3 Å². The molecule has 1 unspecified atom stereocenters. The van der Waals surface area contributed by atoms with Crippen LogP contribution in [0.4, 0.5) is 8.78 Å². The summed E-state index contributed by atoms with van der Waals surface area (Å²) in [5.74, 6) is -4.76. The Kier molecular flexibility index (Phi) is 5.86. The summed E-state index contributed by atoms with van der Waals surface area (Å²) in [4.78, 5) is 62.5. The normalized spacial score (nSPS) is 20.9. The molecule has 2 atom stereocenters. The van der Waals surface area contributed by atoms with E-state index in [-0.39, 0.29) is 54.1 Å². The summed E-state index contributed by atoms with van der Waals surface area (Å²) in [7, 11) is 0. The fourth-order valence-corrected chi connectivity index (χ4v) is 4.51. The molecule has 5 rings (SSSR count). The fourth-order valence-electron chi connectivity index (χ4n) is 4.51. The van der Waals surface area contributed by atoms with E-state index < -0.39 is 59.9 Å². The van der Waals surface area contributed by atoms with E-state index in [0.29, 0.717) is 0 Å². The number of nitrogens with one attached hydrogen (secondary N) is 2. The van der Waals surface area contributed by atoms with Crippen LogP contribution in [-0.4, -0.2) is 53.7 Å². The van der Waals surface area contributed by atoms with Gasteiger partial charge in [-0.15, -0.1) is 0 Å². The summed E-state index contributed by atoms with van der Waals surface area (Å²) in [6.45, 7) is -0.411. The van der Waals surface area contributed by atoms with Gasteiger partial charge in [0, 0.05) is 12.8 Å². The molecule has 5 amide bonds. The molecule has 3 aliphatic heterocycles. The van der Waals surface area contributed by atoms with Gasteiger partial charge in [0.1, 0.15) is 17.6 Å². The maximum absolute atomic E-state index is 14.3. The second-order valence-electron chi connectivity index (χ2n) is 8.47. The Hall–Kier alpha value is -4.35. The van der Waals surface area contributed by atoms with Crippen LogP contribution in [0.3, 0.4) is 0 Å². The molecule has 3 heterocycles.